The minimum absolute atomic E-state index is 0.0892. The van der Waals surface area contributed by atoms with Gasteiger partial charge in [-0.25, -0.2) is 0 Å². The van der Waals surface area contributed by atoms with Crippen molar-refractivity contribution in [2.45, 2.75) is 25.3 Å². The van der Waals surface area contributed by atoms with E-state index in [2.05, 4.69) is 31.0 Å². The molecule has 3 rings (SSSR count). The summed E-state index contributed by atoms with van der Waals surface area (Å²) >= 11 is 0. The van der Waals surface area contributed by atoms with Crippen molar-refractivity contribution < 1.29 is 9.15 Å². The summed E-state index contributed by atoms with van der Waals surface area (Å²) in [5.41, 5.74) is 1.21. The molecule has 3 nitrogen and oxygen atoms in total. The smallest absolute Gasteiger partial charge is 0.170 e. The minimum atomic E-state index is -0.0970. The lowest BCUT2D eigenvalue weighted by Gasteiger charge is -2.19. The Bertz CT molecular complexity index is 494. The van der Waals surface area contributed by atoms with Crippen LogP contribution in [0.3, 0.4) is 0 Å². The summed E-state index contributed by atoms with van der Waals surface area (Å²) in [5, 5.41) is 0. The minimum Gasteiger partial charge on any atom is -0.465 e. The molecule has 0 amide bonds. The molecule has 0 unspecified atom stereocenters. The van der Waals surface area contributed by atoms with Crippen LogP contribution in [-0.2, 0) is 4.74 Å². The Morgan fingerprint density at radius 3 is 2.50 bits per heavy atom. The zero-order valence-corrected chi connectivity index (χ0v) is 10.6. The third-order valence-electron chi connectivity index (χ3n) is 3.64. The van der Waals surface area contributed by atoms with E-state index < -0.39 is 0 Å². The molecule has 1 aliphatic rings. The second-order valence-electron chi connectivity index (χ2n) is 4.74. The highest BCUT2D eigenvalue weighted by molar-refractivity contribution is 5.21. The van der Waals surface area contributed by atoms with E-state index >= 15 is 0 Å². The van der Waals surface area contributed by atoms with Crippen LogP contribution in [0.1, 0.15) is 30.6 Å². The summed E-state index contributed by atoms with van der Waals surface area (Å²) in [6.45, 7) is 2.18. The van der Waals surface area contributed by atoms with Crippen LogP contribution in [0, 0.1) is 0 Å². The van der Waals surface area contributed by atoms with Gasteiger partial charge in [0.2, 0.25) is 0 Å². The molecule has 2 aromatic rings. The molecular weight excluding hydrogens is 226 g/mol. The van der Waals surface area contributed by atoms with Gasteiger partial charge in [0.1, 0.15) is 11.9 Å². The van der Waals surface area contributed by atoms with Gasteiger partial charge in [-0.15, -0.1) is 0 Å². The van der Waals surface area contributed by atoms with Crippen LogP contribution < -0.4 is 0 Å². The molecule has 3 atom stereocenters. The second kappa shape index (κ2) is 4.59. The van der Waals surface area contributed by atoms with E-state index in [1.165, 1.54) is 5.56 Å². The Morgan fingerprint density at radius 1 is 1.06 bits per heavy atom. The Balaban J connectivity index is 1.87. The second-order valence-corrected chi connectivity index (χ2v) is 4.74. The maximum Gasteiger partial charge on any atom is 0.170 e. The average molecular weight is 243 g/mol. The predicted molar refractivity (Wildman–Crippen MR) is 68.9 cm³/mol. The van der Waals surface area contributed by atoms with E-state index in [0.29, 0.717) is 6.04 Å². The number of benzene rings is 1. The molecule has 1 saturated heterocycles. The molecule has 1 aliphatic heterocycles. The fourth-order valence-corrected chi connectivity index (χ4v) is 2.48. The Morgan fingerprint density at radius 2 is 1.83 bits per heavy atom. The van der Waals surface area contributed by atoms with Gasteiger partial charge in [0.05, 0.1) is 6.26 Å². The van der Waals surface area contributed by atoms with E-state index in [4.69, 9.17) is 9.15 Å². The van der Waals surface area contributed by atoms with Gasteiger partial charge < -0.3 is 9.15 Å². The molecule has 2 heterocycles. The van der Waals surface area contributed by atoms with Crippen LogP contribution in [0.4, 0.5) is 0 Å². The molecule has 18 heavy (non-hydrogen) atoms. The standard InChI is InChI=1S/C15H17NO2/c1-11-14(12-7-4-3-5-8-12)18-15(16(11)2)13-9-6-10-17-13/h3-11,14-15H,1-2H3/t11-,14-,15-/m0/s1. The fourth-order valence-electron chi connectivity index (χ4n) is 2.48. The molecular formula is C15H17NO2. The first-order chi connectivity index (χ1) is 8.77. The van der Waals surface area contributed by atoms with Gasteiger partial charge in [-0.3, -0.25) is 4.90 Å². The van der Waals surface area contributed by atoms with Crippen molar-refractivity contribution in [3.05, 3.63) is 60.1 Å². The molecule has 0 N–H and O–H groups in total. The van der Waals surface area contributed by atoms with Crippen molar-refractivity contribution in [1.82, 2.24) is 4.90 Å². The van der Waals surface area contributed by atoms with Gasteiger partial charge in [-0.05, 0) is 31.7 Å². The average Bonchev–Trinajstić information content (AvgIpc) is 3.01. The van der Waals surface area contributed by atoms with Crippen LogP contribution >= 0.6 is 0 Å². The van der Waals surface area contributed by atoms with Gasteiger partial charge in [0.25, 0.3) is 0 Å². The number of rotatable bonds is 2. The van der Waals surface area contributed by atoms with E-state index in [9.17, 15) is 0 Å². The quantitative estimate of drug-likeness (QED) is 0.808. The maximum atomic E-state index is 6.15. The molecule has 0 aliphatic carbocycles. The fraction of sp³-hybridized carbons (Fsp3) is 0.333. The number of hydrogen-bond acceptors (Lipinski definition) is 3. The molecule has 0 radical (unpaired) electrons. The molecule has 1 fully saturated rings. The first-order valence-corrected chi connectivity index (χ1v) is 6.23. The Kier molecular flexibility index (Phi) is 2.94. The van der Waals surface area contributed by atoms with Crippen molar-refractivity contribution in [2.24, 2.45) is 0 Å². The van der Waals surface area contributed by atoms with Gasteiger partial charge in [-0.1, -0.05) is 30.3 Å². The lowest BCUT2D eigenvalue weighted by molar-refractivity contribution is -0.00867. The monoisotopic (exact) mass is 243 g/mol. The third-order valence-corrected chi connectivity index (χ3v) is 3.64. The summed E-state index contributed by atoms with van der Waals surface area (Å²) in [6.07, 6.45) is 1.68. The van der Waals surface area contributed by atoms with Crippen LogP contribution in [0.25, 0.3) is 0 Å². The summed E-state index contributed by atoms with van der Waals surface area (Å²) in [7, 11) is 2.07. The first kappa shape index (κ1) is 11.5. The molecule has 1 aromatic carbocycles. The molecule has 1 aromatic heterocycles. The Labute approximate surface area is 107 Å². The highest BCUT2D eigenvalue weighted by atomic mass is 16.5. The lowest BCUT2D eigenvalue weighted by atomic mass is 10.0. The van der Waals surface area contributed by atoms with Crippen LogP contribution in [0.15, 0.2) is 53.1 Å². The van der Waals surface area contributed by atoms with Gasteiger partial charge in [-0.2, -0.15) is 0 Å². The number of nitrogens with zero attached hydrogens (tertiary/aromatic N) is 1. The summed E-state index contributed by atoms with van der Waals surface area (Å²) < 4.78 is 11.6. The van der Waals surface area contributed by atoms with Crippen molar-refractivity contribution >= 4 is 0 Å². The molecule has 3 heteroatoms. The van der Waals surface area contributed by atoms with Crippen LogP contribution in [0.2, 0.25) is 0 Å². The molecule has 0 bridgehead atoms. The number of ether oxygens (including phenoxy) is 1. The van der Waals surface area contributed by atoms with E-state index in [-0.39, 0.29) is 12.3 Å². The summed E-state index contributed by atoms with van der Waals surface area (Å²) in [5.74, 6) is 0.864. The normalized spacial score (nSPS) is 28.7. The number of likely N-dealkylation sites (N-methyl/N-ethyl adjacent to an activating group) is 1. The van der Waals surface area contributed by atoms with E-state index in [1.54, 1.807) is 6.26 Å². The zero-order valence-electron chi connectivity index (χ0n) is 10.6. The highest BCUT2D eigenvalue weighted by Gasteiger charge is 2.39. The van der Waals surface area contributed by atoms with Crippen molar-refractivity contribution in [1.29, 1.82) is 0 Å². The first-order valence-electron chi connectivity index (χ1n) is 6.23. The molecule has 0 spiro atoms. The van der Waals surface area contributed by atoms with Crippen molar-refractivity contribution in [3.8, 4) is 0 Å². The van der Waals surface area contributed by atoms with Gasteiger partial charge in [0, 0.05) is 6.04 Å². The maximum absolute atomic E-state index is 6.15. The van der Waals surface area contributed by atoms with E-state index in [0.717, 1.165) is 5.76 Å². The van der Waals surface area contributed by atoms with Crippen molar-refractivity contribution in [2.75, 3.05) is 7.05 Å². The Hall–Kier alpha value is -1.58. The van der Waals surface area contributed by atoms with Crippen LogP contribution in [0.5, 0.6) is 0 Å². The number of furan rings is 1. The van der Waals surface area contributed by atoms with Crippen LogP contribution in [-0.4, -0.2) is 18.0 Å². The summed E-state index contributed by atoms with van der Waals surface area (Å²) in [4.78, 5) is 2.20. The van der Waals surface area contributed by atoms with Gasteiger partial charge in [0.15, 0.2) is 6.23 Å². The molecule has 94 valence electrons. The predicted octanol–water partition coefficient (Wildman–Crippen LogP) is 3.37. The third kappa shape index (κ3) is 1.85. The number of hydrogen-bond donors (Lipinski definition) is 0. The largest absolute Gasteiger partial charge is 0.465 e. The lowest BCUT2D eigenvalue weighted by Crippen LogP contribution is -2.26. The summed E-state index contributed by atoms with van der Waals surface area (Å²) in [6, 6.07) is 14.5. The van der Waals surface area contributed by atoms with Gasteiger partial charge >= 0.3 is 0 Å². The molecule has 0 saturated carbocycles. The topological polar surface area (TPSA) is 25.6 Å². The highest BCUT2D eigenvalue weighted by Crippen LogP contribution is 2.40. The SMILES string of the molecule is C[C@H]1[C@@H](c2ccccc2)O[C@@H](c2ccco2)N1C. The van der Waals surface area contributed by atoms with E-state index in [1.807, 2.05) is 30.3 Å². The zero-order chi connectivity index (χ0) is 12.5. The van der Waals surface area contributed by atoms with Crippen molar-refractivity contribution in [3.63, 3.8) is 0 Å².